The van der Waals surface area contributed by atoms with E-state index in [1.54, 1.807) is 0 Å². The maximum Gasteiger partial charge on any atom is 0.335 e. The van der Waals surface area contributed by atoms with Crippen molar-refractivity contribution in [3.05, 3.63) is 35.9 Å². The summed E-state index contributed by atoms with van der Waals surface area (Å²) in [6.07, 6.45) is -1.87. The molecule has 0 amide bonds. The summed E-state index contributed by atoms with van der Waals surface area (Å²) in [5.41, 5.74) is 0.841. The van der Waals surface area contributed by atoms with Gasteiger partial charge in [0.1, 0.15) is 6.61 Å². The molecule has 5 heteroatoms. The zero-order valence-corrected chi connectivity index (χ0v) is 9.46. The molecule has 0 aliphatic heterocycles. The van der Waals surface area contributed by atoms with Crippen LogP contribution in [0.2, 0.25) is 0 Å². The molecule has 0 aliphatic rings. The van der Waals surface area contributed by atoms with Crippen LogP contribution in [0.4, 0.5) is 0 Å². The van der Waals surface area contributed by atoms with E-state index in [0.29, 0.717) is 0 Å². The fourth-order valence-corrected chi connectivity index (χ4v) is 1.17. The molecule has 0 bridgehead atoms. The maximum atomic E-state index is 11.3. The molecule has 0 aromatic heterocycles. The minimum atomic E-state index is -1.47. The van der Waals surface area contributed by atoms with Gasteiger partial charge in [-0.2, -0.15) is 0 Å². The first-order valence-corrected chi connectivity index (χ1v) is 5.09. The van der Waals surface area contributed by atoms with Crippen LogP contribution in [0.5, 0.6) is 0 Å². The van der Waals surface area contributed by atoms with Gasteiger partial charge in [0, 0.05) is 0 Å². The van der Waals surface area contributed by atoms with Crippen molar-refractivity contribution < 1.29 is 24.2 Å². The van der Waals surface area contributed by atoms with Gasteiger partial charge >= 0.3 is 11.9 Å². The Morgan fingerprint density at radius 2 is 1.94 bits per heavy atom. The molecule has 1 atom stereocenters. The highest BCUT2D eigenvalue weighted by molar-refractivity contribution is 5.81. The molecule has 92 valence electrons. The van der Waals surface area contributed by atoms with Gasteiger partial charge in [-0.1, -0.05) is 30.3 Å². The van der Waals surface area contributed by atoms with Crippen molar-refractivity contribution in [3.63, 3.8) is 0 Å². The van der Waals surface area contributed by atoms with Gasteiger partial charge in [-0.25, -0.2) is 4.79 Å². The topological polar surface area (TPSA) is 72.8 Å². The van der Waals surface area contributed by atoms with Crippen molar-refractivity contribution in [1.82, 2.24) is 0 Å². The molecular weight excluding hydrogens is 224 g/mol. The van der Waals surface area contributed by atoms with Crippen LogP contribution in [0.1, 0.15) is 12.0 Å². The number of hydrogen-bond acceptors (Lipinski definition) is 5. The first-order chi connectivity index (χ1) is 8.13. The third-order valence-electron chi connectivity index (χ3n) is 2.08. The van der Waals surface area contributed by atoms with Crippen molar-refractivity contribution in [2.75, 3.05) is 7.11 Å². The summed E-state index contributed by atoms with van der Waals surface area (Å²) in [6.45, 7) is 0.119. The van der Waals surface area contributed by atoms with Crippen molar-refractivity contribution in [2.24, 2.45) is 0 Å². The van der Waals surface area contributed by atoms with Gasteiger partial charge in [0.05, 0.1) is 13.5 Å². The molecule has 0 aliphatic carbocycles. The lowest BCUT2D eigenvalue weighted by atomic mass is 10.2. The molecule has 1 N–H and O–H groups in total. The third kappa shape index (κ3) is 4.65. The van der Waals surface area contributed by atoms with E-state index in [4.69, 9.17) is 4.74 Å². The Morgan fingerprint density at radius 3 is 2.53 bits per heavy atom. The predicted octanol–water partition coefficient (Wildman–Crippen LogP) is 0.654. The molecule has 0 saturated carbocycles. The smallest absolute Gasteiger partial charge is 0.335 e. The Labute approximate surface area is 99.0 Å². The minimum absolute atomic E-state index is 0.119. The fraction of sp³-hybridized carbons (Fsp3) is 0.333. The zero-order chi connectivity index (χ0) is 12.7. The lowest BCUT2D eigenvalue weighted by molar-refractivity contribution is -0.158. The van der Waals surface area contributed by atoms with E-state index in [-0.39, 0.29) is 6.61 Å². The number of carbonyl (C=O) groups is 2. The number of esters is 2. The highest BCUT2D eigenvalue weighted by Crippen LogP contribution is 2.03. The fourth-order valence-electron chi connectivity index (χ4n) is 1.17. The average Bonchev–Trinajstić information content (AvgIpc) is 2.36. The number of rotatable bonds is 5. The number of benzene rings is 1. The predicted molar refractivity (Wildman–Crippen MR) is 58.9 cm³/mol. The third-order valence-corrected chi connectivity index (χ3v) is 2.08. The molecule has 5 nitrogen and oxygen atoms in total. The van der Waals surface area contributed by atoms with Crippen molar-refractivity contribution in [1.29, 1.82) is 0 Å². The number of carbonyl (C=O) groups excluding carboxylic acids is 2. The molecular formula is C12H14O5. The lowest BCUT2D eigenvalue weighted by Crippen LogP contribution is -2.25. The van der Waals surface area contributed by atoms with Gasteiger partial charge in [0.25, 0.3) is 0 Å². The van der Waals surface area contributed by atoms with E-state index >= 15 is 0 Å². The number of ether oxygens (including phenoxy) is 2. The van der Waals surface area contributed by atoms with Crippen molar-refractivity contribution >= 4 is 11.9 Å². The summed E-state index contributed by atoms with van der Waals surface area (Å²) in [7, 11) is 1.14. The summed E-state index contributed by atoms with van der Waals surface area (Å²) >= 11 is 0. The molecule has 1 unspecified atom stereocenters. The molecule has 1 aromatic rings. The molecule has 0 heterocycles. The first-order valence-electron chi connectivity index (χ1n) is 5.09. The Hall–Kier alpha value is -1.88. The number of aliphatic hydroxyl groups excluding tert-OH is 1. The normalized spacial score (nSPS) is 11.6. The molecule has 0 spiro atoms. The summed E-state index contributed by atoms with van der Waals surface area (Å²) < 4.78 is 9.17. The van der Waals surface area contributed by atoms with E-state index in [0.717, 1.165) is 12.7 Å². The van der Waals surface area contributed by atoms with Crippen LogP contribution in [-0.4, -0.2) is 30.3 Å². The van der Waals surface area contributed by atoms with Gasteiger partial charge in [-0.3, -0.25) is 4.79 Å². The van der Waals surface area contributed by atoms with Gasteiger partial charge in [0.2, 0.25) is 0 Å². The van der Waals surface area contributed by atoms with Crippen LogP contribution in [0.25, 0.3) is 0 Å². The van der Waals surface area contributed by atoms with Crippen molar-refractivity contribution in [3.8, 4) is 0 Å². The first kappa shape index (κ1) is 13.2. The number of methoxy groups -OCH3 is 1. The van der Waals surface area contributed by atoms with Gasteiger partial charge in [-0.15, -0.1) is 0 Å². The standard InChI is InChI=1S/C12H14O5/c1-16-12(15)10(13)7-11(14)17-8-9-5-3-2-4-6-9/h2-6,10,13H,7-8H2,1H3. The second kappa shape index (κ2) is 6.65. The quantitative estimate of drug-likeness (QED) is 0.762. The van der Waals surface area contributed by atoms with Crippen LogP contribution in [0.15, 0.2) is 30.3 Å². The van der Waals surface area contributed by atoms with Gasteiger partial charge in [0.15, 0.2) is 6.10 Å². The Kier molecular flexibility index (Phi) is 5.16. The summed E-state index contributed by atoms with van der Waals surface area (Å²) in [5, 5.41) is 9.21. The lowest BCUT2D eigenvalue weighted by Gasteiger charge is -2.08. The number of hydrogen-bond donors (Lipinski definition) is 1. The highest BCUT2D eigenvalue weighted by atomic mass is 16.5. The van der Waals surface area contributed by atoms with Crippen LogP contribution >= 0.6 is 0 Å². The molecule has 1 aromatic carbocycles. The Morgan fingerprint density at radius 1 is 1.29 bits per heavy atom. The Bertz CT molecular complexity index is 374. The average molecular weight is 238 g/mol. The van der Waals surface area contributed by atoms with Crippen LogP contribution in [-0.2, 0) is 25.7 Å². The molecule has 1 rings (SSSR count). The van der Waals surface area contributed by atoms with Gasteiger partial charge in [-0.05, 0) is 5.56 Å². The van der Waals surface area contributed by atoms with Crippen molar-refractivity contribution in [2.45, 2.75) is 19.1 Å². The minimum Gasteiger partial charge on any atom is -0.467 e. The maximum absolute atomic E-state index is 11.3. The SMILES string of the molecule is COC(=O)C(O)CC(=O)OCc1ccccc1. The second-order valence-corrected chi connectivity index (χ2v) is 3.39. The monoisotopic (exact) mass is 238 g/mol. The highest BCUT2D eigenvalue weighted by Gasteiger charge is 2.20. The summed E-state index contributed by atoms with van der Waals surface area (Å²) in [6, 6.07) is 9.12. The summed E-state index contributed by atoms with van der Waals surface area (Å²) in [5.74, 6) is -1.49. The molecule has 17 heavy (non-hydrogen) atoms. The molecule has 0 radical (unpaired) electrons. The van der Waals surface area contributed by atoms with E-state index in [9.17, 15) is 14.7 Å². The van der Waals surface area contributed by atoms with Crippen LogP contribution in [0.3, 0.4) is 0 Å². The molecule has 0 fully saturated rings. The second-order valence-electron chi connectivity index (χ2n) is 3.39. The zero-order valence-electron chi connectivity index (χ0n) is 9.46. The van der Waals surface area contributed by atoms with E-state index in [1.807, 2.05) is 30.3 Å². The molecule has 0 saturated heterocycles. The van der Waals surface area contributed by atoms with E-state index < -0.39 is 24.5 Å². The summed E-state index contributed by atoms with van der Waals surface area (Å²) in [4.78, 5) is 22.1. The van der Waals surface area contributed by atoms with E-state index in [2.05, 4.69) is 4.74 Å². The number of aliphatic hydroxyl groups is 1. The van der Waals surface area contributed by atoms with Crippen LogP contribution < -0.4 is 0 Å². The van der Waals surface area contributed by atoms with Gasteiger partial charge < -0.3 is 14.6 Å². The van der Waals surface area contributed by atoms with E-state index in [1.165, 1.54) is 0 Å². The largest absolute Gasteiger partial charge is 0.467 e. The van der Waals surface area contributed by atoms with Crippen LogP contribution in [0, 0.1) is 0 Å². The Balaban J connectivity index is 2.33.